The number of nitrogens with one attached hydrogen (secondary N) is 2. The molecule has 0 aliphatic carbocycles. The van der Waals surface area contributed by atoms with Crippen molar-refractivity contribution in [2.75, 3.05) is 26.0 Å². The van der Waals surface area contributed by atoms with Crippen LogP contribution in [0.2, 0.25) is 0 Å². The Bertz CT molecular complexity index is 242. The predicted molar refractivity (Wildman–Crippen MR) is 61.1 cm³/mol. The third kappa shape index (κ3) is 5.15. The summed E-state index contributed by atoms with van der Waals surface area (Å²) in [6, 6.07) is 0.366. The molecule has 1 rings (SSSR count). The normalized spacial score (nSPS) is 12.9. The molecule has 0 radical (unpaired) electrons. The maximum Gasteiger partial charge on any atom is 0.183 e. The van der Waals surface area contributed by atoms with Gasteiger partial charge in [-0.1, -0.05) is 18.7 Å². The Kier molecular flexibility index (Phi) is 6.38. The average Bonchev–Trinajstić information content (AvgIpc) is 2.75. The summed E-state index contributed by atoms with van der Waals surface area (Å²) in [6.07, 6.45) is 2.65. The average molecular weight is 230 g/mol. The maximum absolute atomic E-state index is 5.15. The number of aromatic nitrogens is 3. The highest BCUT2D eigenvalue weighted by atomic mass is 32.2. The molecule has 1 aromatic heterocycles. The van der Waals surface area contributed by atoms with Gasteiger partial charge in [0, 0.05) is 18.9 Å². The van der Waals surface area contributed by atoms with Crippen LogP contribution >= 0.6 is 11.8 Å². The fraction of sp³-hybridized carbons (Fsp3) is 0.778. The molecule has 5 nitrogen and oxygen atoms in total. The molecule has 0 saturated heterocycles. The topological polar surface area (TPSA) is 62.8 Å². The number of methoxy groups -OCH3 is 1. The Morgan fingerprint density at radius 2 is 2.53 bits per heavy atom. The molecule has 0 fully saturated rings. The van der Waals surface area contributed by atoms with E-state index < -0.39 is 0 Å². The zero-order chi connectivity index (χ0) is 10.9. The molecule has 0 bridgehead atoms. The minimum Gasteiger partial charge on any atom is -0.383 e. The van der Waals surface area contributed by atoms with E-state index in [1.54, 1.807) is 18.9 Å². The van der Waals surface area contributed by atoms with E-state index in [1.165, 1.54) is 6.33 Å². The molecule has 1 heterocycles. The van der Waals surface area contributed by atoms with E-state index in [-0.39, 0.29) is 0 Å². The van der Waals surface area contributed by atoms with Gasteiger partial charge >= 0.3 is 0 Å². The van der Waals surface area contributed by atoms with Gasteiger partial charge in [0.25, 0.3) is 0 Å². The van der Waals surface area contributed by atoms with Crippen molar-refractivity contribution < 1.29 is 4.74 Å². The van der Waals surface area contributed by atoms with Crippen molar-refractivity contribution >= 4 is 11.8 Å². The molecule has 0 saturated carbocycles. The molecule has 86 valence electrons. The molecule has 0 aromatic carbocycles. The Morgan fingerprint density at radius 1 is 1.67 bits per heavy atom. The van der Waals surface area contributed by atoms with Gasteiger partial charge < -0.3 is 10.1 Å². The SMILES string of the molecule is CCCNC(COC)CSc1ncn[nH]1. The Labute approximate surface area is 94.4 Å². The lowest BCUT2D eigenvalue weighted by Gasteiger charge is -2.16. The first-order chi connectivity index (χ1) is 7.36. The van der Waals surface area contributed by atoms with Gasteiger partial charge in [-0.05, 0) is 13.0 Å². The highest BCUT2D eigenvalue weighted by molar-refractivity contribution is 7.99. The summed E-state index contributed by atoms with van der Waals surface area (Å²) in [6.45, 7) is 3.90. The first-order valence-electron chi connectivity index (χ1n) is 5.07. The fourth-order valence-electron chi connectivity index (χ4n) is 1.16. The van der Waals surface area contributed by atoms with Crippen LogP contribution in [0.1, 0.15) is 13.3 Å². The highest BCUT2D eigenvalue weighted by Crippen LogP contribution is 2.12. The zero-order valence-corrected chi connectivity index (χ0v) is 10.0. The van der Waals surface area contributed by atoms with Crippen LogP contribution in [0.3, 0.4) is 0 Å². The Balaban J connectivity index is 2.24. The Hall–Kier alpha value is -0.590. The zero-order valence-electron chi connectivity index (χ0n) is 9.19. The fourth-order valence-corrected chi connectivity index (χ4v) is 1.97. The minimum atomic E-state index is 0.366. The third-order valence-corrected chi connectivity index (χ3v) is 2.90. The smallest absolute Gasteiger partial charge is 0.183 e. The van der Waals surface area contributed by atoms with Crippen molar-refractivity contribution in [1.82, 2.24) is 20.5 Å². The summed E-state index contributed by atoms with van der Waals surface area (Å²) >= 11 is 1.65. The summed E-state index contributed by atoms with van der Waals surface area (Å²) in [7, 11) is 1.72. The van der Waals surface area contributed by atoms with Gasteiger partial charge in [0.15, 0.2) is 5.16 Å². The highest BCUT2D eigenvalue weighted by Gasteiger charge is 2.08. The number of hydrogen-bond acceptors (Lipinski definition) is 5. The first-order valence-corrected chi connectivity index (χ1v) is 6.05. The van der Waals surface area contributed by atoms with Gasteiger partial charge in [0.1, 0.15) is 6.33 Å². The molecule has 0 amide bonds. The lowest BCUT2D eigenvalue weighted by molar-refractivity contribution is 0.174. The van der Waals surface area contributed by atoms with Gasteiger partial charge in [-0.2, -0.15) is 5.10 Å². The van der Waals surface area contributed by atoms with Gasteiger partial charge in [-0.3, -0.25) is 5.10 Å². The summed E-state index contributed by atoms with van der Waals surface area (Å²) in [5.41, 5.74) is 0. The van der Waals surface area contributed by atoms with Crippen molar-refractivity contribution in [3.05, 3.63) is 6.33 Å². The molecule has 0 spiro atoms. The van der Waals surface area contributed by atoms with Crippen molar-refractivity contribution in [3.8, 4) is 0 Å². The van der Waals surface area contributed by atoms with Crippen LogP contribution in [0, 0.1) is 0 Å². The van der Waals surface area contributed by atoms with Crippen LogP contribution in [0.15, 0.2) is 11.5 Å². The van der Waals surface area contributed by atoms with E-state index >= 15 is 0 Å². The number of H-pyrrole nitrogens is 1. The number of thioether (sulfide) groups is 1. The predicted octanol–water partition coefficient (Wildman–Crippen LogP) is 0.911. The monoisotopic (exact) mass is 230 g/mol. The number of hydrogen-bond donors (Lipinski definition) is 2. The van der Waals surface area contributed by atoms with Gasteiger partial charge in [-0.15, -0.1) is 0 Å². The van der Waals surface area contributed by atoms with Crippen LogP contribution < -0.4 is 5.32 Å². The molecule has 15 heavy (non-hydrogen) atoms. The van der Waals surface area contributed by atoms with Crippen LogP contribution in [-0.2, 0) is 4.74 Å². The van der Waals surface area contributed by atoms with E-state index in [1.807, 2.05) is 0 Å². The van der Waals surface area contributed by atoms with Crippen molar-refractivity contribution in [2.24, 2.45) is 0 Å². The van der Waals surface area contributed by atoms with Gasteiger partial charge in [0.05, 0.1) is 6.61 Å². The van der Waals surface area contributed by atoms with Crippen LogP contribution in [0.25, 0.3) is 0 Å². The molecule has 1 aromatic rings. The van der Waals surface area contributed by atoms with E-state index in [0.717, 1.165) is 30.5 Å². The van der Waals surface area contributed by atoms with Crippen LogP contribution in [0.4, 0.5) is 0 Å². The second-order valence-corrected chi connectivity index (χ2v) is 4.22. The second kappa shape index (κ2) is 7.67. The molecular weight excluding hydrogens is 212 g/mol. The van der Waals surface area contributed by atoms with Crippen molar-refractivity contribution in [2.45, 2.75) is 24.5 Å². The Morgan fingerprint density at radius 3 is 3.13 bits per heavy atom. The van der Waals surface area contributed by atoms with E-state index in [2.05, 4.69) is 27.4 Å². The maximum atomic E-state index is 5.15. The second-order valence-electron chi connectivity index (χ2n) is 3.21. The lowest BCUT2D eigenvalue weighted by atomic mass is 10.3. The van der Waals surface area contributed by atoms with Gasteiger partial charge in [-0.25, -0.2) is 4.98 Å². The summed E-state index contributed by atoms with van der Waals surface area (Å²) in [5.74, 6) is 0.934. The van der Waals surface area contributed by atoms with E-state index in [9.17, 15) is 0 Å². The van der Waals surface area contributed by atoms with E-state index in [0.29, 0.717) is 6.04 Å². The summed E-state index contributed by atoms with van der Waals surface area (Å²) in [5, 5.41) is 10.9. The van der Waals surface area contributed by atoms with Crippen molar-refractivity contribution in [1.29, 1.82) is 0 Å². The quantitative estimate of drug-likeness (QED) is 0.650. The summed E-state index contributed by atoms with van der Waals surface area (Å²) < 4.78 is 5.15. The molecule has 0 aliphatic rings. The molecule has 1 atom stereocenters. The number of ether oxygens (including phenoxy) is 1. The number of aromatic amines is 1. The summed E-state index contributed by atoms with van der Waals surface area (Å²) in [4.78, 5) is 4.06. The molecule has 1 unspecified atom stereocenters. The molecule has 0 aliphatic heterocycles. The number of rotatable bonds is 8. The molecular formula is C9H18N4OS. The standard InChI is InChI=1S/C9H18N4OS/c1-3-4-10-8(5-14-2)6-15-9-11-7-12-13-9/h7-8,10H,3-6H2,1-2H3,(H,11,12,13). The number of nitrogens with zero attached hydrogens (tertiary/aromatic N) is 2. The minimum absolute atomic E-state index is 0.366. The third-order valence-electron chi connectivity index (χ3n) is 1.87. The molecule has 2 N–H and O–H groups in total. The lowest BCUT2D eigenvalue weighted by Crippen LogP contribution is -2.35. The van der Waals surface area contributed by atoms with Crippen molar-refractivity contribution in [3.63, 3.8) is 0 Å². The van der Waals surface area contributed by atoms with E-state index in [4.69, 9.17) is 4.74 Å². The first kappa shape index (κ1) is 12.5. The molecule has 6 heteroatoms. The largest absolute Gasteiger partial charge is 0.383 e. The van der Waals surface area contributed by atoms with Gasteiger partial charge in [0.2, 0.25) is 0 Å². The van der Waals surface area contributed by atoms with Crippen LogP contribution in [-0.4, -0.2) is 47.2 Å². The van der Waals surface area contributed by atoms with Crippen LogP contribution in [0.5, 0.6) is 0 Å².